The van der Waals surface area contributed by atoms with Gasteiger partial charge in [0.15, 0.2) is 0 Å². The number of para-hydroxylation sites is 1. The molecule has 0 aliphatic carbocycles. The van der Waals surface area contributed by atoms with E-state index in [1.54, 1.807) is 6.07 Å². The summed E-state index contributed by atoms with van der Waals surface area (Å²) in [5.74, 6) is -2.66. The Morgan fingerprint density at radius 2 is 1.64 bits per heavy atom. The standard InChI is InChI=1S/C15H12F3N3O/c16-11-5-3-6-12(17)10(11)8-20-21-15(22)9-19-14-7-2-1-4-13(14)18/h1-8,19H,9H2,(H,21,22)/b20-8+. The van der Waals surface area contributed by atoms with Crippen LogP contribution in [-0.2, 0) is 4.79 Å². The van der Waals surface area contributed by atoms with Crippen LogP contribution in [0.4, 0.5) is 18.9 Å². The number of anilines is 1. The number of carbonyl (C=O) groups is 1. The van der Waals surface area contributed by atoms with E-state index in [-0.39, 0.29) is 17.8 Å². The first-order chi connectivity index (χ1) is 10.6. The van der Waals surface area contributed by atoms with E-state index >= 15 is 0 Å². The average molecular weight is 307 g/mol. The van der Waals surface area contributed by atoms with Crippen LogP contribution in [0.15, 0.2) is 47.6 Å². The van der Waals surface area contributed by atoms with Crippen LogP contribution in [0.2, 0.25) is 0 Å². The summed E-state index contributed by atoms with van der Waals surface area (Å²) in [7, 11) is 0. The Kier molecular flexibility index (Phi) is 5.13. The molecule has 4 nitrogen and oxygen atoms in total. The number of nitrogens with one attached hydrogen (secondary N) is 2. The second-order valence-corrected chi connectivity index (χ2v) is 4.26. The molecular weight excluding hydrogens is 295 g/mol. The van der Waals surface area contributed by atoms with Crippen LogP contribution in [0.3, 0.4) is 0 Å². The molecule has 0 aliphatic heterocycles. The zero-order valence-electron chi connectivity index (χ0n) is 11.3. The van der Waals surface area contributed by atoms with Crippen LogP contribution in [0, 0.1) is 17.5 Å². The van der Waals surface area contributed by atoms with Gasteiger partial charge in [0, 0.05) is 0 Å². The topological polar surface area (TPSA) is 53.5 Å². The number of rotatable bonds is 5. The second kappa shape index (κ2) is 7.26. The number of hydrogen-bond donors (Lipinski definition) is 2. The summed E-state index contributed by atoms with van der Waals surface area (Å²) in [4.78, 5) is 11.5. The van der Waals surface area contributed by atoms with Gasteiger partial charge in [0.1, 0.15) is 17.5 Å². The van der Waals surface area contributed by atoms with Gasteiger partial charge >= 0.3 is 0 Å². The van der Waals surface area contributed by atoms with Crippen molar-refractivity contribution >= 4 is 17.8 Å². The van der Waals surface area contributed by atoms with E-state index in [4.69, 9.17) is 0 Å². The summed E-state index contributed by atoms with van der Waals surface area (Å²) in [5.41, 5.74) is 1.90. The SMILES string of the molecule is O=C(CNc1ccccc1F)N/N=C/c1c(F)cccc1F. The number of hydrogen-bond acceptors (Lipinski definition) is 3. The second-order valence-electron chi connectivity index (χ2n) is 4.26. The van der Waals surface area contributed by atoms with Gasteiger partial charge in [-0.05, 0) is 24.3 Å². The molecule has 0 fully saturated rings. The van der Waals surface area contributed by atoms with Gasteiger partial charge in [0.05, 0.1) is 24.0 Å². The molecule has 0 bridgehead atoms. The summed E-state index contributed by atoms with van der Waals surface area (Å²) in [6, 6.07) is 9.23. The maximum absolute atomic E-state index is 13.3. The fraction of sp³-hybridized carbons (Fsp3) is 0.0667. The van der Waals surface area contributed by atoms with Gasteiger partial charge in [0.2, 0.25) is 0 Å². The molecule has 22 heavy (non-hydrogen) atoms. The maximum atomic E-state index is 13.3. The minimum Gasteiger partial charge on any atom is -0.374 e. The fourth-order valence-electron chi connectivity index (χ4n) is 1.62. The Balaban J connectivity index is 1.88. The molecule has 0 saturated carbocycles. The first-order valence-electron chi connectivity index (χ1n) is 6.32. The molecule has 2 aromatic carbocycles. The largest absolute Gasteiger partial charge is 0.374 e. The number of benzene rings is 2. The normalized spacial score (nSPS) is 10.7. The summed E-state index contributed by atoms with van der Waals surface area (Å²) >= 11 is 0. The van der Waals surface area contributed by atoms with E-state index in [1.165, 1.54) is 24.3 Å². The van der Waals surface area contributed by atoms with Gasteiger partial charge < -0.3 is 5.32 Å². The van der Waals surface area contributed by atoms with E-state index in [0.29, 0.717) is 0 Å². The minimum absolute atomic E-state index is 0.168. The molecular formula is C15H12F3N3O. The smallest absolute Gasteiger partial charge is 0.259 e. The first-order valence-corrected chi connectivity index (χ1v) is 6.32. The Labute approximate surface area is 124 Å². The Morgan fingerprint density at radius 1 is 1.00 bits per heavy atom. The Hall–Kier alpha value is -2.83. The Morgan fingerprint density at radius 3 is 2.32 bits per heavy atom. The summed E-state index contributed by atoms with van der Waals surface area (Å²) in [6.07, 6.45) is 0.867. The van der Waals surface area contributed by atoms with Crippen LogP contribution < -0.4 is 10.7 Å². The number of hydrazone groups is 1. The third kappa shape index (κ3) is 4.08. The summed E-state index contributed by atoms with van der Waals surface area (Å²) < 4.78 is 39.9. The molecule has 0 aliphatic rings. The van der Waals surface area contributed by atoms with Crippen molar-refractivity contribution in [1.82, 2.24) is 5.43 Å². The molecule has 0 atom stereocenters. The monoisotopic (exact) mass is 307 g/mol. The van der Waals surface area contributed by atoms with Gasteiger partial charge in [-0.3, -0.25) is 4.79 Å². The van der Waals surface area contributed by atoms with Crippen molar-refractivity contribution in [3.63, 3.8) is 0 Å². The highest BCUT2D eigenvalue weighted by molar-refractivity contribution is 5.84. The Bertz CT molecular complexity index is 684. The zero-order valence-corrected chi connectivity index (χ0v) is 11.3. The van der Waals surface area contributed by atoms with Crippen molar-refractivity contribution in [3.8, 4) is 0 Å². The first kappa shape index (κ1) is 15.6. The highest BCUT2D eigenvalue weighted by Crippen LogP contribution is 2.11. The van der Waals surface area contributed by atoms with Crippen molar-refractivity contribution in [2.24, 2.45) is 5.10 Å². The number of carbonyl (C=O) groups excluding carboxylic acids is 1. The van der Waals surface area contributed by atoms with Gasteiger partial charge in [-0.25, -0.2) is 18.6 Å². The van der Waals surface area contributed by atoms with Gasteiger partial charge in [-0.1, -0.05) is 18.2 Å². The van der Waals surface area contributed by atoms with Crippen molar-refractivity contribution in [1.29, 1.82) is 0 Å². The molecule has 2 N–H and O–H groups in total. The molecule has 0 radical (unpaired) electrons. The quantitative estimate of drug-likeness (QED) is 0.659. The fourth-order valence-corrected chi connectivity index (χ4v) is 1.62. The lowest BCUT2D eigenvalue weighted by Gasteiger charge is -2.05. The summed E-state index contributed by atoms with van der Waals surface area (Å²) in [6.45, 7) is -0.238. The van der Waals surface area contributed by atoms with Gasteiger partial charge in [-0.2, -0.15) is 5.10 Å². The molecule has 7 heteroatoms. The molecule has 2 rings (SSSR count). The average Bonchev–Trinajstić information content (AvgIpc) is 2.49. The highest BCUT2D eigenvalue weighted by Gasteiger charge is 2.06. The van der Waals surface area contributed by atoms with Crippen LogP contribution in [0.5, 0.6) is 0 Å². The van der Waals surface area contributed by atoms with E-state index in [2.05, 4.69) is 15.8 Å². The van der Waals surface area contributed by atoms with Crippen LogP contribution in [-0.4, -0.2) is 18.7 Å². The summed E-state index contributed by atoms with van der Waals surface area (Å²) in [5, 5.41) is 6.03. The van der Waals surface area contributed by atoms with Crippen molar-refractivity contribution < 1.29 is 18.0 Å². The van der Waals surface area contributed by atoms with E-state index < -0.39 is 23.4 Å². The van der Waals surface area contributed by atoms with Crippen molar-refractivity contribution in [3.05, 3.63) is 65.5 Å². The lowest BCUT2D eigenvalue weighted by atomic mass is 10.2. The molecule has 0 unspecified atom stereocenters. The molecule has 2 aromatic rings. The third-order valence-corrected chi connectivity index (χ3v) is 2.70. The molecule has 0 heterocycles. The van der Waals surface area contributed by atoms with Gasteiger partial charge in [0.25, 0.3) is 5.91 Å². The van der Waals surface area contributed by atoms with E-state index in [9.17, 15) is 18.0 Å². The predicted octanol–water partition coefficient (Wildman–Crippen LogP) is 2.67. The zero-order chi connectivity index (χ0) is 15.9. The van der Waals surface area contributed by atoms with E-state index in [0.717, 1.165) is 18.3 Å². The van der Waals surface area contributed by atoms with Crippen molar-refractivity contribution in [2.45, 2.75) is 0 Å². The highest BCUT2D eigenvalue weighted by atomic mass is 19.1. The van der Waals surface area contributed by atoms with Crippen LogP contribution >= 0.6 is 0 Å². The van der Waals surface area contributed by atoms with E-state index in [1.807, 2.05) is 0 Å². The van der Waals surface area contributed by atoms with Crippen LogP contribution in [0.1, 0.15) is 5.56 Å². The molecule has 0 spiro atoms. The number of amides is 1. The predicted molar refractivity (Wildman–Crippen MR) is 77.0 cm³/mol. The molecule has 1 amide bonds. The minimum atomic E-state index is -0.789. The van der Waals surface area contributed by atoms with Gasteiger partial charge in [-0.15, -0.1) is 0 Å². The van der Waals surface area contributed by atoms with Crippen molar-refractivity contribution in [2.75, 3.05) is 11.9 Å². The van der Waals surface area contributed by atoms with Crippen LogP contribution in [0.25, 0.3) is 0 Å². The lowest BCUT2D eigenvalue weighted by Crippen LogP contribution is -2.26. The lowest BCUT2D eigenvalue weighted by molar-refractivity contribution is -0.119. The maximum Gasteiger partial charge on any atom is 0.259 e. The third-order valence-electron chi connectivity index (χ3n) is 2.70. The molecule has 114 valence electrons. The number of halogens is 3. The number of nitrogens with zero attached hydrogens (tertiary/aromatic N) is 1. The molecule has 0 saturated heterocycles. The molecule has 0 aromatic heterocycles.